The molecule has 11 heavy (non-hydrogen) atoms. The maximum absolute atomic E-state index is 9.24. The van der Waals surface area contributed by atoms with E-state index in [9.17, 15) is 10.2 Å². The second kappa shape index (κ2) is 3.49. The van der Waals surface area contributed by atoms with Crippen LogP contribution in [0.1, 0.15) is 6.42 Å². The van der Waals surface area contributed by atoms with Gasteiger partial charge in [0.15, 0.2) is 0 Å². The minimum atomic E-state index is -0.878. The third kappa shape index (κ3) is 1.54. The molecule has 0 spiro atoms. The molecule has 66 valence electrons. The summed E-state index contributed by atoms with van der Waals surface area (Å²) in [5, 5.41) is 35.9. The van der Waals surface area contributed by atoms with Crippen LogP contribution in [0.5, 0.6) is 0 Å². The second-order valence-corrected chi connectivity index (χ2v) is 3.10. The van der Waals surface area contributed by atoms with Gasteiger partial charge in [-0.1, -0.05) is 0 Å². The van der Waals surface area contributed by atoms with Gasteiger partial charge in [-0.3, -0.25) is 0 Å². The lowest BCUT2D eigenvalue weighted by molar-refractivity contribution is -0.0135. The van der Waals surface area contributed by atoms with Crippen molar-refractivity contribution in [2.75, 3.05) is 13.2 Å². The summed E-state index contributed by atoms with van der Waals surface area (Å²) in [6.07, 6.45) is -1.26. The van der Waals surface area contributed by atoms with Gasteiger partial charge in [0.05, 0.1) is 12.2 Å². The van der Waals surface area contributed by atoms with E-state index in [4.69, 9.17) is 10.2 Å². The zero-order chi connectivity index (χ0) is 8.43. The van der Waals surface area contributed by atoms with Gasteiger partial charge < -0.3 is 20.4 Å². The molecule has 0 unspecified atom stereocenters. The molecule has 0 aliphatic heterocycles. The van der Waals surface area contributed by atoms with Crippen LogP contribution >= 0.6 is 0 Å². The molecule has 0 bridgehead atoms. The predicted molar refractivity (Wildman–Crippen MR) is 37.8 cm³/mol. The van der Waals surface area contributed by atoms with Crippen molar-refractivity contribution in [3.8, 4) is 0 Å². The number of aliphatic hydroxyl groups is 4. The lowest BCUT2D eigenvalue weighted by Gasteiger charge is -2.14. The standard InChI is InChI=1S/C7H14O4/c8-2-4-1-5(3-9)7(11)6(4)10/h4-11H,1-3H2/t4-,5+,6-,7-/m1/s1. The average Bonchev–Trinajstić information content (AvgIpc) is 2.30. The van der Waals surface area contributed by atoms with E-state index in [1.807, 2.05) is 0 Å². The molecular formula is C7H14O4. The van der Waals surface area contributed by atoms with Crippen LogP contribution in [0, 0.1) is 11.8 Å². The molecule has 1 saturated carbocycles. The summed E-state index contributed by atoms with van der Waals surface area (Å²) < 4.78 is 0. The molecule has 0 saturated heterocycles. The van der Waals surface area contributed by atoms with Gasteiger partial charge in [0, 0.05) is 25.0 Å². The molecule has 4 N–H and O–H groups in total. The zero-order valence-electron chi connectivity index (χ0n) is 6.22. The molecule has 0 aromatic rings. The van der Waals surface area contributed by atoms with Gasteiger partial charge in [-0.15, -0.1) is 0 Å². The monoisotopic (exact) mass is 162 g/mol. The maximum Gasteiger partial charge on any atom is 0.0852 e. The van der Waals surface area contributed by atoms with Crippen molar-refractivity contribution in [3.63, 3.8) is 0 Å². The molecule has 1 aliphatic rings. The van der Waals surface area contributed by atoms with Crippen molar-refractivity contribution in [2.24, 2.45) is 11.8 Å². The molecule has 1 fully saturated rings. The van der Waals surface area contributed by atoms with Gasteiger partial charge in [0.2, 0.25) is 0 Å². The lowest BCUT2D eigenvalue weighted by atomic mass is 10.1. The molecule has 4 atom stereocenters. The predicted octanol–water partition coefficient (Wildman–Crippen LogP) is -1.67. The Kier molecular flexibility index (Phi) is 2.84. The number of hydrogen-bond donors (Lipinski definition) is 4. The van der Waals surface area contributed by atoms with E-state index in [0.29, 0.717) is 6.42 Å². The fraction of sp³-hybridized carbons (Fsp3) is 1.00. The van der Waals surface area contributed by atoms with Crippen LogP contribution in [0.2, 0.25) is 0 Å². The summed E-state index contributed by atoms with van der Waals surface area (Å²) in [5.41, 5.74) is 0. The first kappa shape index (κ1) is 8.93. The Morgan fingerprint density at radius 2 is 1.27 bits per heavy atom. The van der Waals surface area contributed by atoms with Crippen LogP contribution in [0.4, 0.5) is 0 Å². The van der Waals surface area contributed by atoms with E-state index in [2.05, 4.69) is 0 Å². The molecule has 0 aromatic carbocycles. The fourth-order valence-corrected chi connectivity index (χ4v) is 1.59. The van der Waals surface area contributed by atoms with Crippen LogP contribution in [0.3, 0.4) is 0 Å². The number of rotatable bonds is 2. The Morgan fingerprint density at radius 3 is 1.45 bits per heavy atom. The largest absolute Gasteiger partial charge is 0.396 e. The summed E-state index contributed by atoms with van der Waals surface area (Å²) in [4.78, 5) is 0. The Labute approximate surface area is 65.1 Å². The normalized spacial score (nSPS) is 44.7. The van der Waals surface area contributed by atoms with Gasteiger partial charge in [0.1, 0.15) is 0 Å². The van der Waals surface area contributed by atoms with Gasteiger partial charge in [-0.05, 0) is 6.42 Å². The second-order valence-electron chi connectivity index (χ2n) is 3.10. The Bertz CT molecular complexity index is 110. The lowest BCUT2D eigenvalue weighted by Crippen LogP contribution is -2.30. The van der Waals surface area contributed by atoms with Crippen LogP contribution in [-0.4, -0.2) is 45.8 Å². The smallest absolute Gasteiger partial charge is 0.0852 e. The van der Waals surface area contributed by atoms with Gasteiger partial charge in [0.25, 0.3) is 0 Å². The number of hydrogen-bond acceptors (Lipinski definition) is 4. The zero-order valence-corrected chi connectivity index (χ0v) is 6.22. The fourth-order valence-electron chi connectivity index (χ4n) is 1.59. The minimum absolute atomic E-state index is 0.130. The van der Waals surface area contributed by atoms with E-state index < -0.39 is 12.2 Å². The topological polar surface area (TPSA) is 80.9 Å². The van der Waals surface area contributed by atoms with Crippen LogP contribution in [-0.2, 0) is 0 Å². The molecule has 4 nitrogen and oxygen atoms in total. The molecule has 0 aromatic heterocycles. The van der Waals surface area contributed by atoms with E-state index >= 15 is 0 Å². The number of aliphatic hydroxyl groups excluding tert-OH is 4. The van der Waals surface area contributed by atoms with Crippen molar-refractivity contribution >= 4 is 0 Å². The molecule has 0 heterocycles. The van der Waals surface area contributed by atoms with Crippen LogP contribution in [0.25, 0.3) is 0 Å². The summed E-state index contributed by atoms with van der Waals surface area (Å²) in [6, 6.07) is 0. The van der Waals surface area contributed by atoms with E-state index in [1.165, 1.54) is 0 Å². The third-order valence-corrected chi connectivity index (χ3v) is 2.39. The highest BCUT2D eigenvalue weighted by Gasteiger charge is 2.40. The summed E-state index contributed by atoms with van der Waals surface area (Å²) in [7, 11) is 0. The Hall–Kier alpha value is -0.160. The minimum Gasteiger partial charge on any atom is -0.396 e. The first-order valence-electron chi connectivity index (χ1n) is 3.78. The maximum atomic E-state index is 9.24. The Balaban J connectivity index is 2.53. The quantitative estimate of drug-likeness (QED) is 0.391. The van der Waals surface area contributed by atoms with Crippen molar-refractivity contribution in [3.05, 3.63) is 0 Å². The summed E-state index contributed by atoms with van der Waals surface area (Å²) >= 11 is 0. The van der Waals surface area contributed by atoms with E-state index in [1.54, 1.807) is 0 Å². The van der Waals surface area contributed by atoms with Crippen molar-refractivity contribution in [2.45, 2.75) is 18.6 Å². The van der Waals surface area contributed by atoms with E-state index in [-0.39, 0.29) is 25.0 Å². The highest BCUT2D eigenvalue weighted by molar-refractivity contribution is 4.90. The molecule has 1 aliphatic carbocycles. The van der Waals surface area contributed by atoms with Crippen LogP contribution in [0.15, 0.2) is 0 Å². The van der Waals surface area contributed by atoms with Crippen LogP contribution < -0.4 is 0 Å². The highest BCUT2D eigenvalue weighted by Crippen LogP contribution is 2.30. The van der Waals surface area contributed by atoms with Crippen molar-refractivity contribution in [1.82, 2.24) is 0 Å². The first-order valence-corrected chi connectivity index (χ1v) is 3.78. The summed E-state index contributed by atoms with van der Waals surface area (Å²) in [5.74, 6) is -0.552. The first-order chi connectivity index (χ1) is 5.20. The van der Waals surface area contributed by atoms with Gasteiger partial charge >= 0.3 is 0 Å². The molecule has 0 amide bonds. The molecule has 0 radical (unpaired) electrons. The molecule has 4 heteroatoms. The summed E-state index contributed by atoms with van der Waals surface area (Å²) in [6.45, 7) is -0.260. The third-order valence-electron chi connectivity index (χ3n) is 2.39. The van der Waals surface area contributed by atoms with Gasteiger partial charge in [-0.2, -0.15) is 0 Å². The van der Waals surface area contributed by atoms with Gasteiger partial charge in [-0.25, -0.2) is 0 Å². The Morgan fingerprint density at radius 1 is 0.909 bits per heavy atom. The highest BCUT2D eigenvalue weighted by atomic mass is 16.3. The SMILES string of the molecule is OC[C@@H]1C[C@H](CO)[C@@H](O)[C@@H]1O. The molecule has 1 rings (SSSR count). The van der Waals surface area contributed by atoms with Crippen molar-refractivity contribution in [1.29, 1.82) is 0 Å². The molecular weight excluding hydrogens is 148 g/mol. The van der Waals surface area contributed by atoms with Crippen molar-refractivity contribution < 1.29 is 20.4 Å². The van der Waals surface area contributed by atoms with E-state index in [0.717, 1.165) is 0 Å². The average molecular weight is 162 g/mol.